The molecule has 1 unspecified atom stereocenters. The average molecular weight is 287 g/mol. The summed E-state index contributed by atoms with van der Waals surface area (Å²) in [5.74, 6) is 0.970. The molecular weight excluding hydrogens is 266 g/mol. The number of hydrogen-bond acceptors (Lipinski definition) is 3. The molecule has 4 heteroatoms. The van der Waals surface area contributed by atoms with Crippen LogP contribution in [0.4, 0.5) is 0 Å². The molecule has 3 rings (SSSR count). The highest BCUT2D eigenvalue weighted by molar-refractivity contribution is 5.90. The van der Waals surface area contributed by atoms with Crippen LogP contribution in [0.5, 0.6) is 5.75 Å². The maximum atomic E-state index is 10.3. The molecule has 1 heterocycles. The van der Waals surface area contributed by atoms with Crippen LogP contribution in [0.15, 0.2) is 36.4 Å². The van der Waals surface area contributed by atoms with Crippen molar-refractivity contribution in [2.45, 2.75) is 25.9 Å². The Morgan fingerprint density at radius 3 is 2.76 bits per heavy atom. The largest absolute Gasteiger partial charge is 0.489 e. The second-order valence-electron chi connectivity index (χ2n) is 4.96. The van der Waals surface area contributed by atoms with Crippen molar-refractivity contribution in [3.8, 4) is 5.75 Å². The Hall–Kier alpha value is -2.07. The zero-order chi connectivity index (χ0) is 15.2. The van der Waals surface area contributed by atoms with E-state index in [0.29, 0.717) is 13.0 Å². The first-order valence-corrected chi connectivity index (χ1v) is 7.20. The van der Waals surface area contributed by atoms with E-state index in [0.717, 1.165) is 28.5 Å². The fourth-order valence-electron chi connectivity index (χ4n) is 2.29. The van der Waals surface area contributed by atoms with Crippen molar-refractivity contribution in [1.29, 1.82) is 0 Å². The molecule has 1 amide bonds. The van der Waals surface area contributed by atoms with Gasteiger partial charge in [-0.15, -0.1) is 0 Å². The molecule has 1 aliphatic rings. The van der Waals surface area contributed by atoms with Gasteiger partial charge in [0.1, 0.15) is 18.5 Å². The monoisotopic (exact) mass is 287 g/mol. The third kappa shape index (κ3) is 3.52. The minimum atomic E-state index is -0.463. The topological polar surface area (TPSA) is 58.6 Å². The molecule has 0 saturated carbocycles. The van der Waals surface area contributed by atoms with E-state index in [1.807, 2.05) is 43.3 Å². The van der Waals surface area contributed by atoms with Gasteiger partial charge in [0.2, 0.25) is 5.91 Å². The molecule has 0 bridgehead atoms. The summed E-state index contributed by atoms with van der Waals surface area (Å²) in [5, 5.41) is 14.4. The van der Waals surface area contributed by atoms with Gasteiger partial charge in [-0.05, 0) is 11.8 Å². The van der Waals surface area contributed by atoms with E-state index in [9.17, 15) is 9.90 Å². The van der Waals surface area contributed by atoms with Crippen LogP contribution in [0, 0.1) is 0 Å². The van der Waals surface area contributed by atoms with Gasteiger partial charge in [-0.3, -0.25) is 4.79 Å². The Bertz CT molecular complexity index is 624. The van der Waals surface area contributed by atoms with Gasteiger partial charge in [0.25, 0.3) is 0 Å². The second-order valence-corrected chi connectivity index (χ2v) is 4.96. The quantitative estimate of drug-likeness (QED) is 0.893. The number of carbonyl (C=O) groups is 1. The lowest BCUT2D eigenvalue weighted by molar-refractivity contribution is -0.120. The standard InChI is InChI=1S/C12H10O2.C5H11NO/c13-11-7-14-12-9-4-2-1-3-8(9)5-6-10(11)12;1-3-4-5(7)6-2/h1-6,11,13H,7H2;3-4H2,1-2H3,(H,6,7). The summed E-state index contributed by atoms with van der Waals surface area (Å²) >= 11 is 0. The summed E-state index contributed by atoms with van der Waals surface area (Å²) in [6, 6.07) is 12.0. The molecule has 0 fully saturated rings. The van der Waals surface area contributed by atoms with Crippen molar-refractivity contribution in [3.63, 3.8) is 0 Å². The molecule has 0 spiro atoms. The SMILES string of the molecule is CCCC(=O)NC.OC1COc2c1ccc1ccccc21. The molecule has 2 aromatic rings. The van der Waals surface area contributed by atoms with Gasteiger partial charge < -0.3 is 15.2 Å². The highest BCUT2D eigenvalue weighted by Crippen LogP contribution is 2.38. The van der Waals surface area contributed by atoms with E-state index in [1.54, 1.807) is 7.05 Å². The van der Waals surface area contributed by atoms with Crippen molar-refractivity contribution in [3.05, 3.63) is 42.0 Å². The maximum Gasteiger partial charge on any atom is 0.219 e. The number of nitrogens with one attached hydrogen (secondary N) is 1. The van der Waals surface area contributed by atoms with Crippen molar-refractivity contribution in [2.24, 2.45) is 0 Å². The Balaban J connectivity index is 0.000000199. The van der Waals surface area contributed by atoms with Crippen LogP contribution in [-0.2, 0) is 4.79 Å². The van der Waals surface area contributed by atoms with E-state index in [1.165, 1.54) is 0 Å². The van der Waals surface area contributed by atoms with Crippen molar-refractivity contribution in [1.82, 2.24) is 5.32 Å². The summed E-state index contributed by atoms with van der Waals surface area (Å²) in [5.41, 5.74) is 0.906. The van der Waals surface area contributed by atoms with Crippen LogP contribution in [0.3, 0.4) is 0 Å². The zero-order valence-electron chi connectivity index (χ0n) is 12.4. The second kappa shape index (κ2) is 7.09. The molecule has 1 atom stereocenters. The predicted molar refractivity (Wildman–Crippen MR) is 83.4 cm³/mol. The van der Waals surface area contributed by atoms with Crippen LogP contribution in [0.25, 0.3) is 10.8 Å². The van der Waals surface area contributed by atoms with Crippen molar-refractivity contribution < 1.29 is 14.6 Å². The molecule has 4 nitrogen and oxygen atoms in total. The van der Waals surface area contributed by atoms with E-state index in [2.05, 4.69) is 5.32 Å². The van der Waals surface area contributed by atoms with Gasteiger partial charge >= 0.3 is 0 Å². The van der Waals surface area contributed by atoms with Crippen LogP contribution < -0.4 is 10.1 Å². The molecule has 1 aliphatic heterocycles. The number of aliphatic hydroxyl groups is 1. The van der Waals surface area contributed by atoms with Gasteiger partial charge in [-0.2, -0.15) is 0 Å². The lowest BCUT2D eigenvalue weighted by Crippen LogP contribution is -2.16. The number of carbonyl (C=O) groups excluding carboxylic acids is 1. The Morgan fingerprint density at radius 1 is 1.33 bits per heavy atom. The van der Waals surface area contributed by atoms with Crippen LogP contribution in [0.2, 0.25) is 0 Å². The van der Waals surface area contributed by atoms with Gasteiger partial charge in [-0.1, -0.05) is 43.3 Å². The summed E-state index contributed by atoms with van der Waals surface area (Å²) in [7, 11) is 1.65. The molecule has 0 aromatic heterocycles. The Labute approximate surface area is 124 Å². The Morgan fingerprint density at radius 2 is 2.10 bits per heavy atom. The number of ether oxygens (including phenoxy) is 1. The molecule has 0 aliphatic carbocycles. The fourth-order valence-corrected chi connectivity index (χ4v) is 2.29. The van der Waals surface area contributed by atoms with Crippen molar-refractivity contribution in [2.75, 3.05) is 13.7 Å². The molecule has 21 heavy (non-hydrogen) atoms. The number of amides is 1. The normalized spacial score (nSPS) is 15.7. The number of hydrogen-bond donors (Lipinski definition) is 2. The fraction of sp³-hybridized carbons (Fsp3) is 0.353. The average Bonchev–Trinajstić information content (AvgIpc) is 2.90. The van der Waals surface area contributed by atoms with Gasteiger partial charge in [0.15, 0.2) is 0 Å². The number of aliphatic hydroxyl groups excluding tert-OH is 1. The van der Waals surface area contributed by atoms with Crippen LogP contribution in [-0.4, -0.2) is 24.7 Å². The highest BCUT2D eigenvalue weighted by atomic mass is 16.5. The highest BCUT2D eigenvalue weighted by Gasteiger charge is 2.23. The van der Waals surface area contributed by atoms with Crippen molar-refractivity contribution >= 4 is 16.7 Å². The van der Waals surface area contributed by atoms with Crippen LogP contribution >= 0.6 is 0 Å². The maximum absolute atomic E-state index is 10.3. The van der Waals surface area contributed by atoms with Crippen LogP contribution in [0.1, 0.15) is 31.4 Å². The molecule has 0 saturated heterocycles. The molecule has 0 radical (unpaired) electrons. The summed E-state index contributed by atoms with van der Waals surface area (Å²) in [4.78, 5) is 10.3. The minimum Gasteiger partial charge on any atom is -0.489 e. The number of benzene rings is 2. The zero-order valence-corrected chi connectivity index (χ0v) is 12.4. The van der Waals surface area contributed by atoms with Gasteiger partial charge in [0, 0.05) is 24.4 Å². The first-order chi connectivity index (χ1) is 10.2. The molecule has 2 N–H and O–H groups in total. The lowest BCUT2D eigenvalue weighted by atomic mass is 10.0. The third-order valence-electron chi connectivity index (χ3n) is 3.41. The summed E-state index contributed by atoms with van der Waals surface area (Å²) in [6.07, 6.45) is 1.12. The minimum absolute atomic E-state index is 0.127. The number of rotatable bonds is 2. The third-order valence-corrected chi connectivity index (χ3v) is 3.41. The first-order valence-electron chi connectivity index (χ1n) is 7.20. The van der Waals surface area contributed by atoms with E-state index in [4.69, 9.17) is 4.74 Å². The van der Waals surface area contributed by atoms with E-state index in [-0.39, 0.29) is 5.91 Å². The predicted octanol–water partition coefficient (Wildman–Crippen LogP) is 2.80. The lowest BCUT2D eigenvalue weighted by Gasteiger charge is -2.04. The summed E-state index contributed by atoms with van der Waals surface area (Å²) < 4.78 is 5.47. The molecule has 2 aromatic carbocycles. The Kier molecular flexibility index (Phi) is 5.17. The molecule has 112 valence electrons. The van der Waals surface area contributed by atoms with E-state index >= 15 is 0 Å². The van der Waals surface area contributed by atoms with Gasteiger partial charge in [-0.25, -0.2) is 0 Å². The smallest absolute Gasteiger partial charge is 0.219 e. The number of fused-ring (bicyclic) bond motifs is 3. The first kappa shape index (κ1) is 15.3. The van der Waals surface area contributed by atoms with E-state index < -0.39 is 6.10 Å². The van der Waals surface area contributed by atoms with Gasteiger partial charge in [0.05, 0.1) is 0 Å². The molecular formula is C17H21NO3. The summed E-state index contributed by atoms with van der Waals surface area (Å²) in [6.45, 7) is 2.36.